The fourth-order valence-electron chi connectivity index (χ4n) is 2.89. The number of benzene rings is 2. The van der Waals surface area contributed by atoms with Crippen LogP contribution in [-0.4, -0.2) is 31.6 Å². The van der Waals surface area contributed by atoms with Gasteiger partial charge in [-0.15, -0.1) is 0 Å². The minimum atomic E-state index is -0.709. The average molecular weight is 523 g/mol. The number of halogens is 1. The summed E-state index contributed by atoms with van der Waals surface area (Å²) in [5.74, 6) is 0.0601. The summed E-state index contributed by atoms with van der Waals surface area (Å²) in [6, 6.07) is 17.5. The van der Waals surface area contributed by atoms with Gasteiger partial charge in [-0.05, 0) is 59.7 Å². The van der Waals surface area contributed by atoms with Crippen LogP contribution in [0.2, 0.25) is 0 Å². The summed E-state index contributed by atoms with van der Waals surface area (Å²) in [7, 11) is 0. The molecule has 0 aliphatic rings. The molecule has 1 N–H and O–H groups in total. The Balaban J connectivity index is 1.83. The van der Waals surface area contributed by atoms with Crippen molar-refractivity contribution < 1.29 is 19.1 Å². The summed E-state index contributed by atoms with van der Waals surface area (Å²) in [6.07, 6.45) is -0.459. The number of alkyl carbamates (subject to hydrolysis) is 1. The van der Waals surface area contributed by atoms with Gasteiger partial charge in [0, 0.05) is 15.5 Å². The number of ether oxygens (including phenoxy) is 2. The van der Waals surface area contributed by atoms with Crippen LogP contribution in [0.1, 0.15) is 38.8 Å². The summed E-state index contributed by atoms with van der Waals surface area (Å²) >= 11 is 2.24. The molecule has 2 rings (SSSR count). The molecule has 1 atom stereocenters. The highest BCUT2D eigenvalue weighted by Crippen LogP contribution is 2.28. The van der Waals surface area contributed by atoms with Gasteiger partial charge in [-0.2, -0.15) is 0 Å². The van der Waals surface area contributed by atoms with Crippen LogP contribution in [0.15, 0.2) is 54.6 Å². The Hall–Kier alpha value is -1.93. The molecule has 0 heterocycles. The van der Waals surface area contributed by atoms with Gasteiger partial charge >= 0.3 is 6.09 Å². The van der Waals surface area contributed by atoms with Gasteiger partial charge in [0.1, 0.15) is 12.4 Å². The molecule has 0 spiro atoms. The van der Waals surface area contributed by atoms with Crippen molar-refractivity contribution in [3.8, 4) is 0 Å². The Bertz CT molecular complexity index is 853. The zero-order chi connectivity index (χ0) is 22.2. The van der Waals surface area contributed by atoms with E-state index >= 15 is 0 Å². The van der Waals surface area contributed by atoms with Crippen molar-refractivity contribution in [1.82, 2.24) is 5.32 Å². The van der Waals surface area contributed by atoms with Gasteiger partial charge in [-0.3, -0.25) is 4.79 Å². The fraction of sp³-hybridized carbons (Fsp3) is 0.417. The quantitative estimate of drug-likeness (QED) is 0.440. The van der Waals surface area contributed by atoms with E-state index in [1.165, 1.54) is 0 Å². The SMILES string of the molecule is CC(=O)C(C)(COCC(C)(C)CNC(=O)OCc1ccccc1)c1cccc(I)c1. The predicted octanol–water partition coefficient (Wildman–Crippen LogP) is 5.11. The molecule has 0 aliphatic carbocycles. The standard InChI is InChI=1S/C24H30INO4/c1-18(27)24(4,20-11-8-12-21(25)13-20)17-29-16-23(2,3)15-26-22(28)30-14-19-9-6-5-7-10-19/h5-13H,14-17H2,1-4H3,(H,26,28). The molecule has 2 aromatic carbocycles. The number of hydrogen-bond acceptors (Lipinski definition) is 4. The first-order valence-electron chi connectivity index (χ1n) is 9.92. The van der Waals surface area contributed by atoms with Crippen molar-refractivity contribution in [2.75, 3.05) is 19.8 Å². The maximum atomic E-state index is 12.4. The van der Waals surface area contributed by atoms with Crippen molar-refractivity contribution in [2.24, 2.45) is 5.41 Å². The van der Waals surface area contributed by atoms with Crippen LogP contribution < -0.4 is 5.32 Å². The minimum absolute atomic E-state index is 0.0601. The summed E-state index contributed by atoms with van der Waals surface area (Å²) < 4.78 is 12.3. The number of hydrogen-bond donors (Lipinski definition) is 1. The molecule has 1 amide bonds. The third-order valence-corrected chi connectivity index (χ3v) is 5.72. The molecule has 0 aliphatic heterocycles. The second-order valence-corrected chi connectivity index (χ2v) is 9.72. The Labute approximate surface area is 192 Å². The molecule has 6 heteroatoms. The molecular formula is C24H30INO4. The lowest BCUT2D eigenvalue weighted by molar-refractivity contribution is -0.124. The molecule has 162 valence electrons. The van der Waals surface area contributed by atoms with Gasteiger partial charge in [-0.1, -0.05) is 56.3 Å². The lowest BCUT2D eigenvalue weighted by Crippen LogP contribution is -2.40. The number of ketones is 1. The van der Waals surface area contributed by atoms with E-state index in [4.69, 9.17) is 9.47 Å². The van der Waals surface area contributed by atoms with Crippen LogP contribution in [0.3, 0.4) is 0 Å². The molecule has 1 unspecified atom stereocenters. The number of Topliss-reactive ketones (excluding diaryl/α,β-unsaturated/α-hetero) is 1. The average Bonchev–Trinajstić information content (AvgIpc) is 2.71. The van der Waals surface area contributed by atoms with Crippen LogP contribution >= 0.6 is 22.6 Å². The zero-order valence-corrected chi connectivity index (χ0v) is 20.2. The Morgan fingerprint density at radius 2 is 1.70 bits per heavy atom. The summed E-state index contributed by atoms with van der Waals surface area (Å²) in [5.41, 5.74) is 0.866. The minimum Gasteiger partial charge on any atom is -0.445 e. The topological polar surface area (TPSA) is 64.6 Å². The summed E-state index contributed by atoms with van der Waals surface area (Å²) in [4.78, 5) is 24.4. The van der Waals surface area contributed by atoms with Gasteiger partial charge in [0.2, 0.25) is 0 Å². The number of amides is 1. The van der Waals surface area contributed by atoms with Crippen LogP contribution in [0.25, 0.3) is 0 Å². The highest BCUT2D eigenvalue weighted by Gasteiger charge is 2.33. The highest BCUT2D eigenvalue weighted by molar-refractivity contribution is 14.1. The van der Waals surface area contributed by atoms with E-state index in [9.17, 15) is 9.59 Å². The van der Waals surface area contributed by atoms with E-state index in [-0.39, 0.29) is 24.4 Å². The third kappa shape index (κ3) is 7.40. The van der Waals surface area contributed by atoms with Crippen LogP contribution in [-0.2, 0) is 26.3 Å². The van der Waals surface area contributed by atoms with E-state index in [1.54, 1.807) is 6.92 Å². The first-order valence-corrected chi connectivity index (χ1v) is 11.0. The summed E-state index contributed by atoms with van der Waals surface area (Å²) in [6.45, 7) is 8.83. The molecule has 0 saturated carbocycles. The van der Waals surface area contributed by atoms with Crippen LogP contribution in [0, 0.1) is 8.99 Å². The molecule has 0 saturated heterocycles. The van der Waals surface area contributed by atoms with Crippen LogP contribution in [0.5, 0.6) is 0 Å². The van der Waals surface area contributed by atoms with Crippen LogP contribution in [0.4, 0.5) is 4.79 Å². The van der Waals surface area contributed by atoms with Crippen molar-refractivity contribution >= 4 is 34.5 Å². The maximum Gasteiger partial charge on any atom is 0.407 e. The van der Waals surface area contributed by atoms with Gasteiger partial charge in [0.25, 0.3) is 0 Å². The smallest absolute Gasteiger partial charge is 0.407 e. The second kappa shape index (κ2) is 10.9. The highest BCUT2D eigenvalue weighted by atomic mass is 127. The van der Waals surface area contributed by atoms with Crippen molar-refractivity contribution in [2.45, 2.75) is 39.7 Å². The molecule has 0 aromatic heterocycles. The molecular weight excluding hydrogens is 493 g/mol. The molecule has 0 fully saturated rings. The monoisotopic (exact) mass is 523 g/mol. The molecule has 0 bridgehead atoms. The zero-order valence-electron chi connectivity index (χ0n) is 18.0. The van der Waals surface area contributed by atoms with E-state index < -0.39 is 11.5 Å². The van der Waals surface area contributed by atoms with Crippen molar-refractivity contribution in [3.63, 3.8) is 0 Å². The van der Waals surface area contributed by atoms with E-state index in [0.717, 1.165) is 14.7 Å². The van der Waals surface area contributed by atoms with Gasteiger partial charge in [0.15, 0.2) is 0 Å². The number of carbonyl (C=O) groups is 2. The predicted molar refractivity (Wildman–Crippen MR) is 126 cm³/mol. The maximum absolute atomic E-state index is 12.4. The van der Waals surface area contributed by atoms with Gasteiger partial charge in [0.05, 0.1) is 18.6 Å². The molecule has 0 radical (unpaired) electrons. The van der Waals surface area contributed by atoms with E-state index in [0.29, 0.717) is 13.2 Å². The number of nitrogens with one attached hydrogen (secondary N) is 1. The Morgan fingerprint density at radius 1 is 1.00 bits per heavy atom. The lowest BCUT2D eigenvalue weighted by atomic mass is 9.80. The number of carbonyl (C=O) groups excluding carboxylic acids is 2. The first kappa shape index (κ1) is 24.3. The van der Waals surface area contributed by atoms with E-state index in [2.05, 4.69) is 27.9 Å². The summed E-state index contributed by atoms with van der Waals surface area (Å²) in [5, 5.41) is 2.79. The van der Waals surface area contributed by atoms with Crippen molar-refractivity contribution in [1.29, 1.82) is 0 Å². The fourth-order valence-corrected chi connectivity index (χ4v) is 3.43. The Kier molecular flexibility index (Phi) is 8.85. The third-order valence-electron chi connectivity index (χ3n) is 5.05. The van der Waals surface area contributed by atoms with Gasteiger partial charge in [-0.25, -0.2) is 4.79 Å². The van der Waals surface area contributed by atoms with Crippen molar-refractivity contribution in [3.05, 3.63) is 69.3 Å². The first-order chi connectivity index (χ1) is 14.1. The van der Waals surface area contributed by atoms with E-state index in [1.807, 2.05) is 75.4 Å². The van der Waals surface area contributed by atoms with Gasteiger partial charge < -0.3 is 14.8 Å². The lowest BCUT2D eigenvalue weighted by Gasteiger charge is -2.30. The molecule has 2 aromatic rings. The molecule has 30 heavy (non-hydrogen) atoms. The Morgan fingerprint density at radius 3 is 2.33 bits per heavy atom. The molecule has 5 nitrogen and oxygen atoms in total. The largest absolute Gasteiger partial charge is 0.445 e. The number of rotatable bonds is 10. The normalized spacial score (nSPS) is 13.4. The second-order valence-electron chi connectivity index (χ2n) is 8.47.